The number of hydrogen-bond acceptors (Lipinski definition) is 15. The topological polar surface area (TPSA) is 260 Å². The molecule has 0 spiro atoms. The molecule has 43 heavy (non-hydrogen) atoms. The van der Waals surface area contributed by atoms with Gasteiger partial charge in [-0.1, -0.05) is 12.2 Å². The Hall–Kier alpha value is -3.00. The molecule has 2 aliphatic heterocycles. The highest BCUT2D eigenvalue weighted by atomic mass is 32.7. The summed E-state index contributed by atoms with van der Waals surface area (Å²) in [5.41, 5.74) is 11.5. The van der Waals surface area contributed by atoms with Gasteiger partial charge in [-0.3, -0.25) is 32.5 Å². The summed E-state index contributed by atoms with van der Waals surface area (Å²) < 4.78 is 69.9. The van der Waals surface area contributed by atoms with Crippen molar-refractivity contribution in [1.82, 2.24) is 39.0 Å². The first-order chi connectivity index (χ1) is 20.5. The lowest BCUT2D eigenvalue weighted by Crippen LogP contribution is -2.23. The third-order valence-corrected chi connectivity index (χ3v) is 8.80. The number of halogens is 1. The first kappa shape index (κ1) is 30.0. The average molecular weight is 662 g/mol. The fourth-order valence-electron chi connectivity index (χ4n) is 4.94. The monoisotopic (exact) mass is 662 g/mol. The van der Waals surface area contributed by atoms with Crippen molar-refractivity contribution in [2.75, 3.05) is 24.7 Å². The highest BCUT2D eigenvalue weighted by Gasteiger charge is 2.44. The molecule has 2 saturated heterocycles. The molecule has 0 amide bonds. The number of nitrogens with zero attached hydrogens (tertiary/aromatic N) is 7. The Morgan fingerprint density at radius 1 is 1.09 bits per heavy atom. The summed E-state index contributed by atoms with van der Waals surface area (Å²) in [5.74, 6) is -0.0500. The number of aromatic amines is 1. The van der Waals surface area contributed by atoms with E-state index in [9.17, 15) is 13.9 Å². The van der Waals surface area contributed by atoms with E-state index < -0.39 is 57.6 Å². The van der Waals surface area contributed by atoms with E-state index in [0.29, 0.717) is 5.52 Å². The minimum atomic E-state index is -4.16. The Morgan fingerprint density at radius 3 is 2.56 bits per heavy atom. The molecule has 23 heteroatoms. The summed E-state index contributed by atoms with van der Waals surface area (Å²) in [6.45, 7) is -4.80. The van der Waals surface area contributed by atoms with Crippen molar-refractivity contribution in [1.29, 1.82) is 0 Å². The number of anilines is 2. The van der Waals surface area contributed by atoms with Gasteiger partial charge in [0.25, 0.3) is 5.56 Å². The molecule has 2 fully saturated rings. The van der Waals surface area contributed by atoms with E-state index in [4.69, 9.17) is 39.4 Å². The zero-order valence-electron chi connectivity index (χ0n) is 21.8. The first-order valence-corrected chi connectivity index (χ1v) is 16.6. The molecule has 0 bridgehead atoms. The number of aromatic nitrogens is 8. The van der Waals surface area contributed by atoms with Gasteiger partial charge in [-0.25, -0.2) is 28.9 Å². The number of nitrogen functional groups attached to an aromatic ring is 2. The fraction of sp³-hybridized carbons (Fsp3) is 0.500. The maximum absolute atomic E-state index is 15.0. The average Bonchev–Trinajstić information content (AvgIpc) is 3.71. The molecular formula is C20H25FN10O9P2S. The van der Waals surface area contributed by atoms with Gasteiger partial charge in [0.2, 0.25) is 5.95 Å². The number of imidazole rings is 2. The second-order valence-electron chi connectivity index (χ2n) is 9.63. The van der Waals surface area contributed by atoms with Crippen molar-refractivity contribution in [3.8, 4) is 0 Å². The highest BCUT2D eigenvalue weighted by molar-refractivity contribution is 8.44. The first-order valence-electron chi connectivity index (χ1n) is 12.6. The smallest absolute Gasteiger partial charge is 0.382 e. The fourth-order valence-corrected chi connectivity index (χ4v) is 6.78. The van der Waals surface area contributed by atoms with Crippen molar-refractivity contribution in [3.63, 3.8) is 0 Å². The van der Waals surface area contributed by atoms with E-state index in [0.717, 1.165) is 0 Å². The van der Waals surface area contributed by atoms with Crippen LogP contribution in [0.4, 0.5) is 16.2 Å². The molecule has 6 N–H and O–H groups in total. The van der Waals surface area contributed by atoms with Gasteiger partial charge in [0.1, 0.15) is 24.1 Å². The van der Waals surface area contributed by atoms with Crippen LogP contribution >= 0.6 is 27.3 Å². The van der Waals surface area contributed by atoms with Crippen molar-refractivity contribution in [2.45, 2.75) is 49.8 Å². The predicted molar refractivity (Wildman–Crippen MR) is 149 cm³/mol. The maximum atomic E-state index is 15.0. The molecule has 4 aromatic rings. The van der Waals surface area contributed by atoms with E-state index in [1.54, 1.807) is 0 Å². The largest absolute Gasteiger partial charge is 0.386 e. The number of ether oxygens (including phenoxy) is 2. The van der Waals surface area contributed by atoms with Crippen LogP contribution < -0.4 is 17.0 Å². The normalized spacial score (nSPS) is 28.1. The summed E-state index contributed by atoms with van der Waals surface area (Å²) in [5, 5.41) is 0. The summed E-state index contributed by atoms with van der Waals surface area (Å²) in [7, 11) is -3.27. The van der Waals surface area contributed by atoms with E-state index in [2.05, 4.69) is 42.2 Å². The van der Waals surface area contributed by atoms with Gasteiger partial charge in [0, 0.05) is 12.8 Å². The molecule has 3 unspecified atom stereocenters. The molecule has 6 heterocycles. The molecule has 6 rings (SSSR count). The maximum Gasteiger partial charge on any atom is 0.386 e. The van der Waals surface area contributed by atoms with Gasteiger partial charge in [-0.15, -0.1) is 0 Å². The van der Waals surface area contributed by atoms with Gasteiger partial charge < -0.3 is 30.4 Å². The third-order valence-electron chi connectivity index (χ3n) is 6.75. The summed E-state index contributed by atoms with van der Waals surface area (Å²) in [4.78, 5) is 43.9. The van der Waals surface area contributed by atoms with E-state index in [-0.39, 0.29) is 54.6 Å². The lowest BCUT2D eigenvalue weighted by atomic mass is 10.2. The van der Waals surface area contributed by atoms with Crippen LogP contribution in [0, 0.1) is 0 Å². The second kappa shape index (κ2) is 11.8. The van der Waals surface area contributed by atoms with E-state index in [1.807, 2.05) is 0 Å². The molecule has 0 aromatic carbocycles. The van der Waals surface area contributed by atoms with Gasteiger partial charge in [-0.05, 0) is 0 Å². The summed E-state index contributed by atoms with van der Waals surface area (Å²) >= 11 is 4.09. The van der Waals surface area contributed by atoms with Crippen LogP contribution in [0.5, 0.6) is 0 Å². The molecule has 0 aliphatic carbocycles. The zero-order chi connectivity index (χ0) is 30.5. The van der Waals surface area contributed by atoms with Crippen LogP contribution in [0.3, 0.4) is 0 Å². The number of nitrogens with two attached hydrogens (primary N) is 2. The van der Waals surface area contributed by atoms with Crippen molar-refractivity contribution in [2.24, 2.45) is 0 Å². The lowest BCUT2D eigenvalue weighted by molar-refractivity contribution is -0.0469. The molecule has 4 aromatic heterocycles. The molecule has 0 saturated carbocycles. The van der Waals surface area contributed by atoms with Gasteiger partial charge in [0.15, 0.2) is 35.1 Å². The minimum absolute atomic E-state index is 0.0132. The number of nitrogens with one attached hydrogen (secondary N) is 1. The van der Waals surface area contributed by atoms with Crippen LogP contribution in [-0.2, 0) is 32.2 Å². The van der Waals surface area contributed by atoms with E-state index >= 15 is 4.39 Å². The Balaban J connectivity index is 1.15. The van der Waals surface area contributed by atoms with Crippen molar-refractivity contribution in [3.05, 3.63) is 29.3 Å². The number of rotatable bonds is 10. The standard InChI is InChI=1S/C20H25FN10O9P2S/c21-10-1-8(38-18(10)30-6-26-12-14(22)24-5-25-15(12)30)4-37-42(35,43)40-11-2-9(3-36-41(33)34)39-19(11)31-7-27-13-16(31)28-20(23)29-17(13)32/h5-11,18-19,41H,1-4H2,(H,33,34)(H,35,43)(H2,22,24,25)(H3,23,28,29,32)/t8-,9-,10-,11?,18+,19+,42?/m0/s1. The molecule has 232 valence electrons. The van der Waals surface area contributed by atoms with Crippen LogP contribution in [0.25, 0.3) is 22.3 Å². The third kappa shape index (κ3) is 6.17. The van der Waals surface area contributed by atoms with Crippen molar-refractivity contribution >= 4 is 61.4 Å². The molecule has 2 aliphatic rings. The van der Waals surface area contributed by atoms with Crippen LogP contribution in [0.2, 0.25) is 0 Å². The van der Waals surface area contributed by atoms with Crippen molar-refractivity contribution < 1.29 is 41.5 Å². The summed E-state index contributed by atoms with van der Waals surface area (Å²) in [6, 6.07) is 0. The quantitative estimate of drug-likeness (QED) is 0.117. The lowest BCUT2D eigenvalue weighted by Gasteiger charge is -2.24. The molecule has 19 nitrogen and oxygen atoms in total. The second-order valence-corrected chi connectivity index (χ2v) is 13.3. The van der Waals surface area contributed by atoms with Gasteiger partial charge >= 0.3 is 15.1 Å². The SMILES string of the molecule is Nc1nc2c(ncn2[C@@H]2O[C@H](CO[PH](=O)O)CC2OP(=O)(S)OC[C@@H]2C[C@H](F)[C@H](n3cnc4c(N)ncnc43)O2)c(=O)[nH]1. The Morgan fingerprint density at radius 2 is 1.79 bits per heavy atom. The Labute approximate surface area is 245 Å². The molecule has 8 atom stereocenters. The Kier molecular flexibility index (Phi) is 8.26. The van der Waals surface area contributed by atoms with Gasteiger partial charge in [0.05, 0.1) is 38.1 Å². The molecule has 0 radical (unpaired) electrons. The number of hydrogen-bond donors (Lipinski definition) is 5. The Bertz CT molecular complexity index is 1790. The minimum Gasteiger partial charge on any atom is -0.382 e. The number of thiol groups is 1. The van der Waals surface area contributed by atoms with Crippen LogP contribution in [-0.4, -0.2) is 81.6 Å². The van der Waals surface area contributed by atoms with E-state index in [1.165, 1.54) is 28.1 Å². The summed E-state index contributed by atoms with van der Waals surface area (Å²) in [6.07, 6.45) is -2.62. The predicted octanol–water partition coefficient (Wildman–Crippen LogP) is 0.875. The zero-order valence-corrected chi connectivity index (χ0v) is 24.6. The number of fused-ring (bicyclic) bond motifs is 2. The van der Waals surface area contributed by atoms with Crippen LogP contribution in [0.15, 0.2) is 23.8 Å². The molecular weight excluding hydrogens is 637 g/mol. The van der Waals surface area contributed by atoms with Crippen LogP contribution in [0.1, 0.15) is 25.3 Å². The number of H-pyrrole nitrogens is 1. The number of alkyl halides is 1. The highest BCUT2D eigenvalue weighted by Crippen LogP contribution is 2.57. The van der Waals surface area contributed by atoms with Gasteiger partial charge in [-0.2, -0.15) is 4.98 Å².